The van der Waals surface area contributed by atoms with Crippen LogP contribution in [-0.4, -0.2) is 36.2 Å². The monoisotopic (exact) mass is 171 g/mol. The van der Waals surface area contributed by atoms with E-state index >= 15 is 0 Å². The van der Waals surface area contributed by atoms with Crippen molar-refractivity contribution in [2.75, 3.05) is 20.1 Å². The zero-order valence-electron chi connectivity index (χ0n) is 8.29. The highest BCUT2D eigenvalue weighted by Crippen LogP contribution is 2.21. The molecule has 1 atom stereocenters. The smallest absolute Gasteiger partial charge is 0.0512 e. The van der Waals surface area contributed by atoms with Crippen molar-refractivity contribution in [1.82, 2.24) is 4.90 Å². The molecule has 1 aliphatic rings. The Kier molecular flexibility index (Phi) is 4.02. The molecule has 0 amide bonds. The summed E-state index contributed by atoms with van der Waals surface area (Å²) >= 11 is 0. The number of aliphatic hydroxyl groups is 1. The lowest BCUT2D eigenvalue weighted by atomic mass is 9.91. The molecule has 1 heterocycles. The van der Waals surface area contributed by atoms with Crippen molar-refractivity contribution < 1.29 is 5.11 Å². The van der Waals surface area contributed by atoms with Crippen molar-refractivity contribution in [3.05, 3.63) is 0 Å². The molecule has 0 spiro atoms. The molecule has 1 N–H and O–H groups in total. The van der Waals surface area contributed by atoms with E-state index in [9.17, 15) is 0 Å². The Morgan fingerprint density at radius 1 is 1.42 bits per heavy atom. The topological polar surface area (TPSA) is 23.5 Å². The van der Waals surface area contributed by atoms with Gasteiger partial charge < -0.3 is 10.0 Å². The summed E-state index contributed by atoms with van der Waals surface area (Å²) in [6.45, 7) is 4.36. The average molecular weight is 171 g/mol. The Balaban J connectivity index is 2.09. The Morgan fingerprint density at radius 3 is 2.50 bits per heavy atom. The maximum atomic E-state index is 9.12. The molecule has 12 heavy (non-hydrogen) atoms. The summed E-state index contributed by atoms with van der Waals surface area (Å²) in [5.41, 5.74) is 0. The Hall–Kier alpha value is -0.0800. The number of rotatable bonds is 3. The number of hydrogen-bond donors (Lipinski definition) is 1. The molecule has 1 aliphatic heterocycles. The van der Waals surface area contributed by atoms with Crippen molar-refractivity contribution in [3.8, 4) is 0 Å². The fourth-order valence-electron chi connectivity index (χ4n) is 1.83. The summed E-state index contributed by atoms with van der Waals surface area (Å²) < 4.78 is 0. The second-order valence-corrected chi connectivity index (χ2v) is 4.17. The molecular formula is C10H21NO. The molecule has 0 saturated carbocycles. The zero-order valence-corrected chi connectivity index (χ0v) is 8.29. The number of hydrogen-bond acceptors (Lipinski definition) is 2. The highest BCUT2D eigenvalue weighted by atomic mass is 16.3. The second kappa shape index (κ2) is 4.83. The fourth-order valence-corrected chi connectivity index (χ4v) is 1.83. The van der Waals surface area contributed by atoms with Crippen LogP contribution in [0.2, 0.25) is 0 Å². The molecule has 1 saturated heterocycles. The summed E-state index contributed by atoms with van der Waals surface area (Å²) in [6.07, 6.45) is 4.73. The van der Waals surface area contributed by atoms with Gasteiger partial charge in [-0.2, -0.15) is 0 Å². The van der Waals surface area contributed by atoms with E-state index in [4.69, 9.17) is 5.11 Å². The van der Waals surface area contributed by atoms with Gasteiger partial charge in [0, 0.05) is 0 Å². The van der Waals surface area contributed by atoms with Crippen LogP contribution in [0.25, 0.3) is 0 Å². The first-order valence-electron chi connectivity index (χ1n) is 5.05. The quantitative estimate of drug-likeness (QED) is 0.695. The lowest BCUT2D eigenvalue weighted by molar-refractivity contribution is 0.154. The van der Waals surface area contributed by atoms with Gasteiger partial charge in [-0.15, -0.1) is 0 Å². The van der Waals surface area contributed by atoms with E-state index in [2.05, 4.69) is 11.9 Å². The lowest BCUT2D eigenvalue weighted by Crippen LogP contribution is -2.30. The van der Waals surface area contributed by atoms with E-state index in [-0.39, 0.29) is 6.10 Å². The predicted molar refractivity (Wildman–Crippen MR) is 51.1 cm³/mol. The summed E-state index contributed by atoms with van der Waals surface area (Å²) in [5, 5.41) is 9.12. The van der Waals surface area contributed by atoms with Gasteiger partial charge in [0.05, 0.1) is 6.10 Å². The minimum absolute atomic E-state index is 0.107. The lowest BCUT2D eigenvalue weighted by Gasteiger charge is -2.29. The minimum Gasteiger partial charge on any atom is -0.393 e. The predicted octanol–water partition coefficient (Wildman–Crippen LogP) is 1.49. The van der Waals surface area contributed by atoms with Gasteiger partial charge in [-0.05, 0) is 58.7 Å². The fraction of sp³-hybridized carbons (Fsp3) is 1.00. The summed E-state index contributed by atoms with van der Waals surface area (Å²) in [7, 11) is 2.19. The average Bonchev–Trinajstić information content (AvgIpc) is 2.03. The Labute approximate surface area is 75.6 Å². The molecule has 0 unspecified atom stereocenters. The molecule has 0 aliphatic carbocycles. The van der Waals surface area contributed by atoms with Crippen LogP contribution < -0.4 is 0 Å². The Morgan fingerprint density at radius 2 is 2.00 bits per heavy atom. The van der Waals surface area contributed by atoms with E-state index in [1.807, 2.05) is 6.92 Å². The van der Waals surface area contributed by atoms with E-state index < -0.39 is 0 Å². The molecule has 1 rings (SSSR count). The van der Waals surface area contributed by atoms with Gasteiger partial charge in [0.1, 0.15) is 0 Å². The third kappa shape index (κ3) is 3.55. The third-order valence-corrected chi connectivity index (χ3v) is 2.83. The SMILES string of the molecule is C[C@H](O)CCC1CCN(C)CC1. The Bertz CT molecular complexity index is 117. The number of piperidine rings is 1. The van der Waals surface area contributed by atoms with E-state index in [1.54, 1.807) is 0 Å². The molecule has 1 fully saturated rings. The first kappa shape index (κ1) is 10.0. The van der Waals surface area contributed by atoms with E-state index in [1.165, 1.54) is 32.4 Å². The number of nitrogens with zero attached hydrogens (tertiary/aromatic N) is 1. The second-order valence-electron chi connectivity index (χ2n) is 4.17. The summed E-state index contributed by atoms with van der Waals surface area (Å²) in [4.78, 5) is 2.39. The van der Waals surface area contributed by atoms with Gasteiger partial charge in [-0.25, -0.2) is 0 Å². The van der Waals surface area contributed by atoms with Crippen LogP contribution in [0.4, 0.5) is 0 Å². The van der Waals surface area contributed by atoms with Crippen LogP contribution in [0.5, 0.6) is 0 Å². The van der Waals surface area contributed by atoms with Crippen molar-refractivity contribution in [3.63, 3.8) is 0 Å². The van der Waals surface area contributed by atoms with Gasteiger partial charge >= 0.3 is 0 Å². The van der Waals surface area contributed by atoms with Crippen LogP contribution in [0.3, 0.4) is 0 Å². The van der Waals surface area contributed by atoms with Gasteiger partial charge in [0.2, 0.25) is 0 Å². The van der Waals surface area contributed by atoms with Gasteiger partial charge in [0.15, 0.2) is 0 Å². The number of likely N-dealkylation sites (tertiary alicyclic amines) is 1. The molecule has 0 aromatic heterocycles. The highest BCUT2D eigenvalue weighted by molar-refractivity contribution is 4.70. The summed E-state index contributed by atoms with van der Waals surface area (Å²) in [6, 6.07) is 0. The summed E-state index contributed by atoms with van der Waals surface area (Å²) in [5.74, 6) is 0.871. The normalized spacial score (nSPS) is 24.2. The molecule has 0 aromatic rings. The molecule has 0 radical (unpaired) electrons. The van der Waals surface area contributed by atoms with Crippen LogP contribution >= 0.6 is 0 Å². The van der Waals surface area contributed by atoms with Crippen LogP contribution in [-0.2, 0) is 0 Å². The van der Waals surface area contributed by atoms with Crippen molar-refractivity contribution in [1.29, 1.82) is 0 Å². The van der Waals surface area contributed by atoms with Gasteiger partial charge in [-0.1, -0.05) is 0 Å². The highest BCUT2D eigenvalue weighted by Gasteiger charge is 2.16. The maximum Gasteiger partial charge on any atom is 0.0512 e. The van der Waals surface area contributed by atoms with Crippen LogP contribution in [0, 0.1) is 5.92 Å². The van der Waals surface area contributed by atoms with Crippen LogP contribution in [0.15, 0.2) is 0 Å². The number of aliphatic hydroxyl groups excluding tert-OH is 1. The van der Waals surface area contributed by atoms with Crippen molar-refractivity contribution >= 4 is 0 Å². The standard InChI is InChI=1S/C10H21NO/c1-9(12)3-4-10-5-7-11(2)8-6-10/h9-10,12H,3-8H2,1-2H3/t9-/m0/s1. The van der Waals surface area contributed by atoms with Gasteiger partial charge in [0.25, 0.3) is 0 Å². The van der Waals surface area contributed by atoms with Crippen molar-refractivity contribution in [2.45, 2.75) is 38.7 Å². The maximum absolute atomic E-state index is 9.12. The molecular weight excluding hydrogens is 150 g/mol. The van der Waals surface area contributed by atoms with Crippen molar-refractivity contribution in [2.24, 2.45) is 5.92 Å². The molecule has 0 aromatic carbocycles. The third-order valence-electron chi connectivity index (χ3n) is 2.83. The first-order valence-corrected chi connectivity index (χ1v) is 5.05. The van der Waals surface area contributed by atoms with Gasteiger partial charge in [-0.3, -0.25) is 0 Å². The first-order chi connectivity index (χ1) is 5.68. The minimum atomic E-state index is -0.107. The van der Waals surface area contributed by atoms with E-state index in [0.29, 0.717) is 0 Å². The van der Waals surface area contributed by atoms with E-state index in [0.717, 1.165) is 12.3 Å². The molecule has 72 valence electrons. The van der Waals surface area contributed by atoms with Crippen LogP contribution in [0.1, 0.15) is 32.6 Å². The molecule has 2 nitrogen and oxygen atoms in total. The zero-order chi connectivity index (χ0) is 8.97. The largest absolute Gasteiger partial charge is 0.393 e. The molecule has 0 bridgehead atoms. The molecule has 2 heteroatoms.